The van der Waals surface area contributed by atoms with Crippen molar-refractivity contribution in [2.24, 2.45) is 0 Å². The van der Waals surface area contributed by atoms with E-state index >= 15 is 0 Å². The van der Waals surface area contributed by atoms with Gasteiger partial charge in [-0.15, -0.1) is 0 Å². The number of carbonyl (C=O) groups excluding carboxylic acids is 1. The molecule has 5 rings (SSSR count). The minimum atomic E-state index is -0.339. The maximum absolute atomic E-state index is 12.6. The van der Waals surface area contributed by atoms with Crippen LogP contribution in [-0.2, 0) is 4.79 Å². The largest absolute Gasteiger partial charge is 0.493 e. The fraction of sp³-hybridized carbons (Fsp3) is 0.207. The highest BCUT2D eigenvalue weighted by Gasteiger charge is 2.18. The number of anilines is 1. The van der Waals surface area contributed by atoms with Crippen LogP contribution in [-0.4, -0.2) is 51.1 Å². The first kappa shape index (κ1) is 26.8. The van der Waals surface area contributed by atoms with E-state index in [0.29, 0.717) is 50.9 Å². The van der Waals surface area contributed by atoms with E-state index < -0.39 is 0 Å². The van der Waals surface area contributed by atoms with Crippen LogP contribution in [0.2, 0.25) is 0 Å². The Balaban J connectivity index is 1.33. The van der Waals surface area contributed by atoms with Crippen LogP contribution in [0.3, 0.4) is 0 Å². The number of aryl methyl sites for hydroxylation is 1. The molecular weight excluding hydrogens is 534 g/mol. The molecule has 0 radical (unpaired) electrons. The standard InChI is InChI=1S/C29H27N3O7S/c1-16-7-6-8-25-27(16)31-29(40-25)30-26(33)15-38-22-11-17(9-10-20(22)34-2)21-14-19(32-39-21)18-12-23(35-3)28(37-5)24(13-18)36-4/h6-14H,15H2,1-5H3,(H,30,31,33). The molecule has 0 unspecified atom stereocenters. The third-order valence-corrected chi connectivity index (χ3v) is 7.08. The fourth-order valence-electron chi connectivity index (χ4n) is 4.16. The zero-order chi connectivity index (χ0) is 28.2. The average molecular weight is 562 g/mol. The monoisotopic (exact) mass is 561 g/mol. The Bertz CT molecular complexity index is 1650. The molecule has 206 valence electrons. The van der Waals surface area contributed by atoms with Gasteiger partial charge in [0.1, 0.15) is 5.69 Å². The van der Waals surface area contributed by atoms with Crippen LogP contribution < -0.4 is 29.0 Å². The topological polar surface area (TPSA) is 114 Å². The van der Waals surface area contributed by atoms with Gasteiger partial charge in [-0.25, -0.2) is 4.98 Å². The van der Waals surface area contributed by atoms with E-state index in [-0.39, 0.29) is 12.5 Å². The Labute approximate surface area is 234 Å². The molecule has 40 heavy (non-hydrogen) atoms. The molecule has 1 amide bonds. The SMILES string of the molecule is COc1ccc(-c2cc(-c3cc(OC)c(OC)c(OC)c3)no2)cc1OCC(=O)Nc1nc2c(C)cccc2s1. The molecule has 0 bridgehead atoms. The van der Waals surface area contributed by atoms with E-state index in [0.717, 1.165) is 21.3 Å². The lowest BCUT2D eigenvalue weighted by Gasteiger charge is -2.13. The van der Waals surface area contributed by atoms with E-state index in [1.165, 1.54) is 18.4 Å². The number of para-hydroxylation sites is 1. The normalized spacial score (nSPS) is 10.8. The molecule has 1 N–H and O–H groups in total. The predicted octanol–water partition coefficient (Wildman–Crippen LogP) is 5.98. The molecule has 0 aliphatic heterocycles. The van der Waals surface area contributed by atoms with Gasteiger partial charge in [0.2, 0.25) is 5.75 Å². The van der Waals surface area contributed by atoms with E-state index in [9.17, 15) is 4.79 Å². The summed E-state index contributed by atoms with van der Waals surface area (Å²) in [5.74, 6) is 2.48. The number of carbonyl (C=O) groups is 1. The van der Waals surface area contributed by atoms with Gasteiger partial charge in [0, 0.05) is 17.2 Å². The smallest absolute Gasteiger partial charge is 0.264 e. The molecule has 0 spiro atoms. The fourth-order valence-corrected chi connectivity index (χ4v) is 5.12. The first-order chi connectivity index (χ1) is 19.4. The van der Waals surface area contributed by atoms with Crippen molar-refractivity contribution >= 4 is 32.6 Å². The van der Waals surface area contributed by atoms with Gasteiger partial charge < -0.3 is 28.2 Å². The van der Waals surface area contributed by atoms with Gasteiger partial charge in [-0.2, -0.15) is 0 Å². The molecule has 11 heteroatoms. The van der Waals surface area contributed by atoms with Crippen molar-refractivity contribution in [3.05, 3.63) is 60.2 Å². The quantitative estimate of drug-likeness (QED) is 0.220. The van der Waals surface area contributed by atoms with Gasteiger partial charge in [0.05, 0.1) is 38.7 Å². The lowest BCUT2D eigenvalue weighted by atomic mass is 10.1. The van der Waals surface area contributed by atoms with E-state index in [4.69, 9.17) is 28.2 Å². The molecule has 0 fully saturated rings. The summed E-state index contributed by atoms with van der Waals surface area (Å²) in [4.78, 5) is 17.2. The van der Waals surface area contributed by atoms with Crippen LogP contribution in [0.1, 0.15) is 5.56 Å². The average Bonchev–Trinajstić information content (AvgIpc) is 3.63. The summed E-state index contributed by atoms with van der Waals surface area (Å²) in [5.41, 5.74) is 3.89. The molecule has 2 aromatic heterocycles. The maximum atomic E-state index is 12.6. The minimum absolute atomic E-state index is 0.234. The highest BCUT2D eigenvalue weighted by molar-refractivity contribution is 7.22. The summed E-state index contributed by atoms with van der Waals surface area (Å²) in [7, 11) is 6.17. The third-order valence-electron chi connectivity index (χ3n) is 6.14. The third kappa shape index (κ3) is 5.36. The Morgan fingerprint density at radius 2 is 1.60 bits per heavy atom. The van der Waals surface area contributed by atoms with Gasteiger partial charge in [0.25, 0.3) is 5.91 Å². The minimum Gasteiger partial charge on any atom is -0.493 e. The number of benzene rings is 3. The van der Waals surface area contributed by atoms with Gasteiger partial charge >= 0.3 is 0 Å². The molecule has 3 aromatic carbocycles. The number of nitrogens with zero attached hydrogens (tertiary/aromatic N) is 2. The van der Waals surface area contributed by atoms with Crippen molar-refractivity contribution in [2.45, 2.75) is 6.92 Å². The van der Waals surface area contributed by atoms with Crippen LogP contribution in [0, 0.1) is 6.92 Å². The van der Waals surface area contributed by atoms with Gasteiger partial charge in [-0.1, -0.05) is 28.6 Å². The number of ether oxygens (including phenoxy) is 5. The van der Waals surface area contributed by atoms with E-state index in [2.05, 4.69) is 15.5 Å². The van der Waals surface area contributed by atoms with Crippen molar-refractivity contribution in [2.75, 3.05) is 40.4 Å². The van der Waals surface area contributed by atoms with Crippen molar-refractivity contribution in [1.82, 2.24) is 10.1 Å². The van der Waals surface area contributed by atoms with Crippen LogP contribution >= 0.6 is 11.3 Å². The number of methoxy groups -OCH3 is 4. The van der Waals surface area contributed by atoms with Gasteiger partial charge in [-0.3, -0.25) is 10.1 Å². The van der Waals surface area contributed by atoms with Gasteiger partial charge in [-0.05, 0) is 48.9 Å². The molecule has 2 heterocycles. The number of fused-ring (bicyclic) bond motifs is 1. The van der Waals surface area contributed by atoms with E-state index in [1.807, 2.05) is 31.2 Å². The molecule has 0 saturated heterocycles. The van der Waals surface area contributed by atoms with Crippen LogP contribution in [0.25, 0.3) is 32.8 Å². The second-order valence-corrected chi connectivity index (χ2v) is 9.66. The molecule has 0 aliphatic carbocycles. The first-order valence-corrected chi connectivity index (χ1v) is 13.0. The van der Waals surface area contributed by atoms with Crippen molar-refractivity contribution in [3.8, 4) is 51.3 Å². The van der Waals surface area contributed by atoms with Crippen LogP contribution in [0.4, 0.5) is 5.13 Å². The Kier molecular flexibility index (Phi) is 7.74. The number of thiazole rings is 1. The highest BCUT2D eigenvalue weighted by Crippen LogP contribution is 2.42. The molecule has 10 nitrogen and oxygen atoms in total. The highest BCUT2D eigenvalue weighted by atomic mass is 32.1. The Morgan fingerprint density at radius 3 is 2.27 bits per heavy atom. The summed E-state index contributed by atoms with van der Waals surface area (Å²) >= 11 is 1.41. The van der Waals surface area contributed by atoms with Crippen LogP contribution in [0.15, 0.2) is 59.1 Å². The molecule has 5 aromatic rings. The van der Waals surface area contributed by atoms with Crippen molar-refractivity contribution in [1.29, 1.82) is 0 Å². The zero-order valence-corrected chi connectivity index (χ0v) is 23.4. The lowest BCUT2D eigenvalue weighted by molar-refractivity contribution is -0.118. The van der Waals surface area contributed by atoms with E-state index in [1.54, 1.807) is 51.7 Å². The second-order valence-electron chi connectivity index (χ2n) is 8.63. The number of hydrogen-bond donors (Lipinski definition) is 1. The summed E-state index contributed by atoms with van der Waals surface area (Å²) in [6, 6.07) is 16.6. The summed E-state index contributed by atoms with van der Waals surface area (Å²) in [5, 5.41) is 7.54. The summed E-state index contributed by atoms with van der Waals surface area (Å²) in [6.45, 7) is 1.75. The molecule has 0 aliphatic rings. The van der Waals surface area contributed by atoms with Crippen molar-refractivity contribution in [3.63, 3.8) is 0 Å². The molecule has 0 saturated carbocycles. The number of rotatable bonds is 10. The van der Waals surface area contributed by atoms with Crippen LogP contribution in [0.5, 0.6) is 28.7 Å². The predicted molar refractivity (Wildman–Crippen MR) is 152 cm³/mol. The second kappa shape index (κ2) is 11.5. The molecule has 0 atom stereocenters. The lowest BCUT2D eigenvalue weighted by Crippen LogP contribution is -2.20. The number of hydrogen-bond acceptors (Lipinski definition) is 10. The van der Waals surface area contributed by atoms with Crippen molar-refractivity contribution < 1.29 is 33.0 Å². The first-order valence-electron chi connectivity index (χ1n) is 12.2. The number of nitrogens with one attached hydrogen (secondary N) is 1. The van der Waals surface area contributed by atoms with Gasteiger partial charge in [0.15, 0.2) is 40.5 Å². The number of aromatic nitrogens is 2. The Morgan fingerprint density at radius 1 is 0.875 bits per heavy atom. The number of amides is 1. The zero-order valence-electron chi connectivity index (χ0n) is 22.6. The summed E-state index contributed by atoms with van der Waals surface area (Å²) in [6.07, 6.45) is 0. The maximum Gasteiger partial charge on any atom is 0.264 e. The molecular formula is C29H27N3O7S. The Hall–Kier alpha value is -4.77. The summed E-state index contributed by atoms with van der Waals surface area (Å²) < 4.78 is 34.2.